The topological polar surface area (TPSA) is 47.7 Å². The van der Waals surface area contributed by atoms with E-state index >= 15 is 0 Å². The van der Waals surface area contributed by atoms with Gasteiger partial charge in [0.1, 0.15) is 0 Å². The lowest BCUT2D eigenvalue weighted by Gasteiger charge is -2.47. The number of nitrogens with zero attached hydrogens (tertiary/aromatic N) is 1. The number of nitrogens with two attached hydrogens (primary N) is 1. The van der Waals surface area contributed by atoms with Crippen molar-refractivity contribution in [2.24, 2.45) is 5.73 Å². The third-order valence-electron chi connectivity index (χ3n) is 3.49. The minimum Gasteiger partial charge on any atom is -0.381 e. The summed E-state index contributed by atoms with van der Waals surface area (Å²) >= 11 is 0. The predicted octanol–water partition coefficient (Wildman–Crippen LogP) is -0.173. The van der Waals surface area contributed by atoms with Gasteiger partial charge in [-0.3, -0.25) is 4.90 Å². The zero-order valence-electron chi connectivity index (χ0n) is 8.71. The van der Waals surface area contributed by atoms with Gasteiger partial charge in [0.2, 0.25) is 0 Å². The summed E-state index contributed by atoms with van der Waals surface area (Å²) in [7, 11) is 0. The Morgan fingerprint density at radius 2 is 1.57 bits per heavy atom. The fraction of sp³-hybridized carbons (Fsp3) is 1.00. The van der Waals surface area contributed by atoms with Crippen LogP contribution < -0.4 is 5.73 Å². The normalized spacial score (nSPS) is 28.9. The maximum Gasteiger partial charge on any atom is 0.0594 e. The van der Waals surface area contributed by atoms with Gasteiger partial charge in [0.05, 0.1) is 13.2 Å². The Labute approximate surface area is 85.3 Å². The highest BCUT2D eigenvalue weighted by Crippen LogP contribution is 2.27. The van der Waals surface area contributed by atoms with Crippen LogP contribution in [0.3, 0.4) is 0 Å². The summed E-state index contributed by atoms with van der Waals surface area (Å²) in [5.74, 6) is 0. The van der Waals surface area contributed by atoms with E-state index in [-0.39, 0.29) is 5.54 Å². The Morgan fingerprint density at radius 3 is 2.14 bits per heavy atom. The predicted molar refractivity (Wildman–Crippen MR) is 54.2 cm³/mol. The number of rotatable bonds is 2. The second-order valence-corrected chi connectivity index (χ2v) is 4.14. The monoisotopic (exact) mass is 200 g/mol. The van der Waals surface area contributed by atoms with E-state index in [2.05, 4.69) is 4.90 Å². The van der Waals surface area contributed by atoms with Crippen molar-refractivity contribution in [1.29, 1.82) is 0 Å². The second kappa shape index (κ2) is 4.57. The van der Waals surface area contributed by atoms with Crippen molar-refractivity contribution in [3.05, 3.63) is 0 Å². The van der Waals surface area contributed by atoms with Gasteiger partial charge in [-0.1, -0.05) is 0 Å². The average Bonchev–Trinajstić information content (AvgIpc) is 2.31. The summed E-state index contributed by atoms with van der Waals surface area (Å²) in [5.41, 5.74) is 6.13. The fourth-order valence-electron chi connectivity index (χ4n) is 2.44. The quantitative estimate of drug-likeness (QED) is 0.672. The van der Waals surface area contributed by atoms with E-state index in [0.29, 0.717) is 0 Å². The largest absolute Gasteiger partial charge is 0.381 e. The summed E-state index contributed by atoms with van der Waals surface area (Å²) in [5, 5.41) is 0. The molecule has 0 bridgehead atoms. The molecule has 2 saturated heterocycles. The molecular formula is C10H20N2O2. The van der Waals surface area contributed by atoms with E-state index in [0.717, 1.165) is 58.9 Å². The fourth-order valence-corrected chi connectivity index (χ4v) is 2.44. The molecule has 4 nitrogen and oxygen atoms in total. The van der Waals surface area contributed by atoms with Crippen molar-refractivity contribution >= 4 is 0 Å². The first kappa shape index (κ1) is 10.4. The first-order chi connectivity index (χ1) is 6.87. The smallest absolute Gasteiger partial charge is 0.0594 e. The molecule has 0 amide bonds. The van der Waals surface area contributed by atoms with Crippen molar-refractivity contribution < 1.29 is 9.47 Å². The van der Waals surface area contributed by atoms with Crippen LogP contribution in [-0.4, -0.2) is 56.5 Å². The van der Waals surface area contributed by atoms with Crippen molar-refractivity contribution in [3.63, 3.8) is 0 Å². The lowest BCUT2D eigenvalue weighted by molar-refractivity contribution is -0.0669. The molecule has 2 heterocycles. The second-order valence-electron chi connectivity index (χ2n) is 4.14. The van der Waals surface area contributed by atoms with Crippen LogP contribution in [0.5, 0.6) is 0 Å². The molecule has 2 fully saturated rings. The number of morpholine rings is 1. The van der Waals surface area contributed by atoms with E-state index in [1.807, 2.05) is 0 Å². The van der Waals surface area contributed by atoms with Gasteiger partial charge < -0.3 is 15.2 Å². The average molecular weight is 200 g/mol. The highest BCUT2D eigenvalue weighted by molar-refractivity contribution is 4.94. The summed E-state index contributed by atoms with van der Waals surface area (Å²) in [6, 6.07) is 0. The molecule has 0 aromatic rings. The molecule has 2 rings (SSSR count). The number of hydrogen-bond acceptors (Lipinski definition) is 4. The van der Waals surface area contributed by atoms with E-state index in [1.165, 1.54) is 0 Å². The Kier molecular flexibility index (Phi) is 3.38. The Bertz CT molecular complexity index is 175. The Balaban J connectivity index is 2.01. The minimum atomic E-state index is 0.196. The standard InChI is InChI=1S/C10H20N2O2/c11-9-10(1-5-13-6-2-10)12-3-7-14-8-4-12/h1-9,11H2. The molecule has 0 unspecified atom stereocenters. The highest BCUT2D eigenvalue weighted by atomic mass is 16.5. The molecule has 0 aromatic heterocycles. The van der Waals surface area contributed by atoms with Gasteiger partial charge in [-0.05, 0) is 12.8 Å². The number of hydrogen-bond donors (Lipinski definition) is 1. The van der Waals surface area contributed by atoms with Crippen LogP contribution in [0.4, 0.5) is 0 Å². The zero-order valence-corrected chi connectivity index (χ0v) is 8.71. The molecule has 2 aliphatic heterocycles. The van der Waals surface area contributed by atoms with Crippen LogP contribution in [0.25, 0.3) is 0 Å². The molecular weight excluding hydrogens is 180 g/mol. The van der Waals surface area contributed by atoms with Gasteiger partial charge in [-0.15, -0.1) is 0 Å². The van der Waals surface area contributed by atoms with Crippen molar-refractivity contribution in [1.82, 2.24) is 4.90 Å². The molecule has 0 aromatic carbocycles. The maximum atomic E-state index is 5.93. The molecule has 82 valence electrons. The summed E-state index contributed by atoms with van der Waals surface area (Å²) < 4.78 is 10.8. The van der Waals surface area contributed by atoms with E-state index in [1.54, 1.807) is 0 Å². The zero-order chi connectivity index (χ0) is 9.86. The third kappa shape index (κ3) is 1.93. The summed E-state index contributed by atoms with van der Waals surface area (Å²) in [6.07, 6.45) is 2.15. The molecule has 2 aliphatic rings. The molecule has 0 radical (unpaired) electrons. The van der Waals surface area contributed by atoms with E-state index in [4.69, 9.17) is 15.2 Å². The maximum absolute atomic E-state index is 5.93. The van der Waals surface area contributed by atoms with Crippen molar-refractivity contribution in [2.45, 2.75) is 18.4 Å². The minimum absolute atomic E-state index is 0.196. The van der Waals surface area contributed by atoms with Crippen LogP contribution in [0.1, 0.15) is 12.8 Å². The highest BCUT2D eigenvalue weighted by Gasteiger charge is 2.37. The molecule has 4 heteroatoms. The first-order valence-corrected chi connectivity index (χ1v) is 5.48. The van der Waals surface area contributed by atoms with Gasteiger partial charge >= 0.3 is 0 Å². The summed E-state index contributed by atoms with van der Waals surface area (Å²) in [6.45, 7) is 6.21. The third-order valence-corrected chi connectivity index (χ3v) is 3.49. The van der Waals surface area contributed by atoms with Crippen LogP contribution >= 0.6 is 0 Å². The van der Waals surface area contributed by atoms with Crippen LogP contribution in [0, 0.1) is 0 Å². The van der Waals surface area contributed by atoms with Crippen molar-refractivity contribution in [3.8, 4) is 0 Å². The van der Waals surface area contributed by atoms with Crippen LogP contribution in [0.2, 0.25) is 0 Å². The van der Waals surface area contributed by atoms with E-state index in [9.17, 15) is 0 Å². The Morgan fingerprint density at radius 1 is 1.00 bits per heavy atom. The van der Waals surface area contributed by atoms with Gasteiger partial charge in [-0.25, -0.2) is 0 Å². The van der Waals surface area contributed by atoms with Crippen LogP contribution in [-0.2, 0) is 9.47 Å². The van der Waals surface area contributed by atoms with Crippen LogP contribution in [0.15, 0.2) is 0 Å². The SMILES string of the molecule is NCC1(N2CCOCC2)CCOCC1. The molecule has 0 atom stereocenters. The Hall–Kier alpha value is -0.160. The lowest BCUT2D eigenvalue weighted by atomic mass is 9.87. The lowest BCUT2D eigenvalue weighted by Crippen LogP contribution is -2.59. The van der Waals surface area contributed by atoms with Gasteiger partial charge in [-0.2, -0.15) is 0 Å². The molecule has 14 heavy (non-hydrogen) atoms. The number of ether oxygens (including phenoxy) is 2. The van der Waals surface area contributed by atoms with Gasteiger partial charge in [0.15, 0.2) is 0 Å². The van der Waals surface area contributed by atoms with Crippen molar-refractivity contribution in [2.75, 3.05) is 46.1 Å². The molecule has 2 N–H and O–H groups in total. The molecule has 0 saturated carbocycles. The van der Waals surface area contributed by atoms with E-state index < -0.39 is 0 Å². The summed E-state index contributed by atoms with van der Waals surface area (Å²) in [4.78, 5) is 2.50. The molecule has 0 aliphatic carbocycles. The molecule has 0 spiro atoms. The van der Waals surface area contributed by atoms with Gasteiger partial charge in [0.25, 0.3) is 0 Å². The first-order valence-electron chi connectivity index (χ1n) is 5.48. The van der Waals surface area contributed by atoms with Gasteiger partial charge in [0, 0.05) is 38.4 Å².